The molecule has 5 rings (SSSR count). The quantitative estimate of drug-likeness (QED) is 0.311. The first-order valence-electron chi connectivity index (χ1n) is 12.2. The molecule has 0 unspecified atom stereocenters. The van der Waals surface area contributed by atoms with E-state index in [0.29, 0.717) is 34.1 Å². The second-order valence-electron chi connectivity index (χ2n) is 8.80. The van der Waals surface area contributed by atoms with Crippen molar-refractivity contribution in [3.63, 3.8) is 0 Å². The Kier molecular flexibility index (Phi) is 7.47. The highest BCUT2D eigenvalue weighted by molar-refractivity contribution is 6.32. The molecule has 1 N–H and O–H groups in total. The van der Waals surface area contributed by atoms with Crippen LogP contribution in [0, 0.1) is 18.3 Å². The lowest BCUT2D eigenvalue weighted by Crippen LogP contribution is -2.46. The summed E-state index contributed by atoms with van der Waals surface area (Å²) in [6.07, 6.45) is 1.95. The molecule has 0 aliphatic carbocycles. The number of nitrogens with one attached hydrogen (secondary N) is 1. The fourth-order valence-electron chi connectivity index (χ4n) is 4.21. The molecule has 1 saturated heterocycles. The van der Waals surface area contributed by atoms with Gasteiger partial charge < -0.3 is 19.5 Å². The number of carbonyl (C=O) groups is 1. The standard InChI is InChI=1S/C27H25ClN8O2/c1-18-33-34-27(38-18)36-15-13-35(14-16-36)22-10-8-21(9-11-22)31-26-30-17-23(28)25(32-26)20-6-4-19(5-7-20)24(37)3-2-12-29/h4-11,17H,2-3,13-16H2,1H3,(H,30,31,32). The van der Waals surface area contributed by atoms with Crippen LogP contribution in [-0.4, -0.2) is 52.1 Å². The van der Waals surface area contributed by atoms with Gasteiger partial charge in [0.15, 0.2) is 5.78 Å². The molecule has 1 fully saturated rings. The minimum Gasteiger partial charge on any atom is -0.408 e. The Morgan fingerprint density at radius 3 is 2.42 bits per heavy atom. The molecule has 2 aromatic carbocycles. The van der Waals surface area contributed by atoms with Crippen LogP contribution in [0.1, 0.15) is 29.1 Å². The Hall–Kier alpha value is -4.49. The van der Waals surface area contributed by atoms with Gasteiger partial charge in [0.05, 0.1) is 23.0 Å². The van der Waals surface area contributed by atoms with E-state index in [1.54, 1.807) is 37.4 Å². The highest BCUT2D eigenvalue weighted by atomic mass is 35.5. The van der Waals surface area contributed by atoms with Gasteiger partial charge in [0.2, 0.25) is 11.8 Å². The van der Waals surface area contributed by atoms with Gasteiger partial charge >= 0.3 is 6.01 Å². The number of Topliss-reactive ketones (excluding diaryl/α,β-unsaturated/α-hetero) is 1. The number of hydrogen-bond acceptors (Lipinski definition) is 10. The number of anilines is 4. The van der Waals surface area contributed by atoms with Gasteiger partial charge in [-0.15, -0.1) is 5.10 Å². The lowest BCUT2D eigenvalue weighted by atomic mass is 10.0. The number of benzene rings is 2. The van der Waals surface area contributed by atoms with E-state index in [1.165, 1.54) is 0 Å². The molecular weight excluding hydrogens is 504 g/mol. The molecule has 0 radical (unpaired) electrons. The van der Waals surface area contributed by atoms with E-state index >= 15 is 0 Å². The maximum atomic E-state index is 12.1. The molecule has 0 saturated carbocycles. The first-order chi connectivity index (χ1) is 18.5. The normalized spacial score (nSPS) is 13.3. The van der Waals surface area contributed by atoms with Gasteiger partial charge in [-0.1, -0.05) is 41.0 Å². The summed E-state index contributed by atoms with van der Waals surface area (Å²) in [5.74, 6) is 0.913. The van der Waals surface area contributed by atoms with Crippen molar-refractivity contribution in [1.29, 1.82) is 5.26 Å². The molecule has 1 aliphatic heterocycles. The summed E-state index contributed by atoms with van der Waals surface area (Å²) >= 11 is 6.38. The van der Waals surface area contributed by atoms with Crippen LogP contribution in [0.3, 0.4) is 0 Å². The smallest absolute Gasteiger partial charge is 0.318 e. The molecule has 3 heterocycles. The van der Waals surface area contributed by atoms with Crippen molar-refractivity contribution in [3.8, 4) is 17.3 Å². The van der Waals surface area contributed by atoms with Crippen molar-refractivity contribution in [3.05, 3.63) is 71.2 Å². The molecule has 192 valence electrons. The molecule has 0 amide bonds. The fraction of sp³-hybridized carbons (Fsp3) is 0.259. The highest BCUT2D eigenvalue weighted by Gasteiger charge is 2.21. The predicted octanol–water partition coefficient (Wildman–Crippen LogP) is 5.05. The molecule has 1 aliphatic rings. The zero-order chi connectivity index (χ0) is 26.5. The molecule has 4 aromatic rings. The number of piperazine rings is 1. The van der Waals surface area contributed by atoms with E-state index in [2.05, 4.69) is 47.4 Å². The summed E-state index contributed by atoms with van der Waals surface area (Å²) in [6, 6.07) is 17.7. The number of hydrogen-bond donors (Lipinski definition) is 1. The number of nitriles is 1. The molecule has 38 heavy (non-hydrogen) atoms. The third-order valence-corrected chi connectivity index (χ3v) is 6.52. The third kappa shape index (κ3) is 5.74. The Balaban J connectivity index is 1.22. The van der Waals surface area contributed by atoms with Crippen LogP contribution in [0.4, 0.5) is 23.3 Å². The van der Waals surface area contributed by atoms with Crippen molar-refractivity contribution in [2.75, 3.05) is 41.3 Å². The lowest BCUT2D eigenvalue weighted by molar-refractivity contribution is 0.0984. The topological polar surface area (TPSA) is 124 Å². The average molecular weight is 529 g/mol. The van der Waals surface area contributed by atoms with Crippen molar-refractivity contribution in [1.82, 2.24) is 20.2 Å². The maximum absolute atomic E-state index is 12.1. The number of carbonyl (C=O) groups excluding carboxylic acids is 1. The SMILES string of the molecule is Cc1nnc(N2CCN(c3ccc(Nc4ncc(Cl)c(-c5ccc(C(=O)CCC#N)cc5)n4)cc3)CC2)o1. The molecular formula is C27H25ClN8O2. The number of aromatic nitrogens is 4. The van der Waals surface area contributed by atoms with E-state index in [0.717, 1.165) is 43.1 Å². The second kappa shape index (κ2) is 11.3. The number of halogens is 1. The molecule has 11 heteroatoms. The molecule has 10 nitrogen and oxygen atoms in total. The molecule has 0 spiro atoms. The number of rotatable bonds is 8. The monoisotopic (exact) mass is 528 g/mol. The largest absolute Gasteiger partial charge is 0.408 e. The molecule has 0 bridgehead atoms. The van der Waals surface area contributed by atoms with Gasteiger partial charge in [0.1, 0.15) is 0 Å². The van der Waals surface area contributed by atoms with Crippen LogP contribution in [0.15, 0.2) is 59.1 Å². The Morgan fingerprint density at radius 2 is 1.76 bits per heavy atom. The number of nitrogens with zero attached hydrogens (tertiary/aromatic N) is 7. The summed E-state index contributed by atoms with van der Waals surface area (Å²) in [5.41, 5.74) is 3.85. The van der Waals surface area contributed by atoms with Crippen molar-refractivity contribution >= 4 is 40.7 Å². The fourth-order valence-corrected chi connectivity index (χ4v) is 4.41. The Bertz CT molecular complexity index is 1460. The second-order valence-corrected chi connectivity index (χ2v) is 9.21. The van der Waals surface area contributed by atoms with Gasteiger partial charge in [0.25, 0.3) is 0 Å². The maximum Gasteiger partial charge on any atom is 0.318 e. The minimum absolute atomic E-state index is 0.0681. The first kappa shape index (κ1) is 25.2. The van der Waals surface area contributed by atoms with Crippen LogP contribution in [0.2, 0.25) is 5.02 Å². The van der Waals surface area contributed by atoms with Gasteiger partial charge in [-0.3, -0.25) is 4.79 Å². The summed E-state index contributed by atoms with van der Waals surface area (Å²) in [5, 5.41) is 20.4. The van der Waals surface area contributed by atoms with Gasteiger partial charge in [-0.25, -0.2) is 9.97 Å². The Labute approximate surface area is 224 Å². The van der Waals surface area contributed by atoms with E-state index in [4.69, 9.17) is 21.3 Å². The van der Waals surface area contributed by atoms with Crippen molar-refractivity contribution in [2.45, 2.75) is 19.8 Å². The van der Waals surface area contributed by atoms with Crippen LogP contribution in [0.5, 0.6) is 0 Å². The van der Waals surface area contributed by atoms with Crippen molar-refractivity contribution in [2.24, 2.45) is 0 Å². The van der Waals surface area contributed by atoms with Gasteiger partial charge in [-0.2, -0.15) is 5.26 Å². The van der Waals surface area contributed by atoms with Crippen molar-refractivity contribution < 1.29 is 9.21 Å². The van der Waals surface area contributed by atoms with Crippen LogP contribution in [-0.2, 0) is 0 Å². The van der Waals surface area contributed by atoms with E-state index in [9.17, 15) is 4.79 Å². The number of aryl methyl sites for hydroxylation is 1. The lowest BCUT2D eigenvalue weighted by Gasteiger charge is -2.35. The molecule has 0 atom stereocenters. The Morgan fingerprint density at radius 1 is 1.05 bits per heavy atom. The highest BCUT2D eigenvalue weighted by Crippen LogP contribution is 2.28. The van der Waals surface area contributed by atoms with Crippen LogP contribution in [0.25, 0.3) is 11.3 Å². The molecule has 2 aromatic heterocycles. The zero-order valence-corrected chi connectivity index (χ0v) is 21.5. The predicted molar refractivity (Wildman–Crippen MR) is 145 cm³/mol. The number of ketones is 1. The summed E-state index contributed by atoms with van der Waals surface area (Å²) in [7, 11) is 0. The third-order valence-electron chi connectivity index (χ3n) is 6.24. The summed E-state index contributed by atoms with van der Waals surface area (Å²) in [6.45, 7) is 5.09. The first-order valence-corrected chi connectivity index (χ1v) is 12.6. The van der Waals surface area contributed by atoms with E-state index in [1.807, 2.05) is 18.2 Å². The van der Waals surface area contributed by atoms with Gasteiger partial charge in [-0.05, 0) is 24.3 Å². The van der Waals surface area contributed by atoms with E-state index < -0.39 is 0 Å². The van der Waals surface area contributed by atoms with E-state index in [-0.39, 0.29) is 18.6 Å². The van der Waals surface area contributed by atoms with Crippen LogP contribution >= 0.6 is 11.6 Å². The zero-order valence-electron chi connectivity index (χ0n) is 20.8. The minimum atomic E-state index is -0.0681. The summed E-state index contributed by atoms with van der Waals surface area (Å²) in [4.78, 5) is 25.5. The van der Waals surface area contributed by atoms with Gasteiger partial charge in [0, 0.05) is 68.4 Å². The summed E-state index contributed by atoms with van der Waals surface area (Å²) < 4.78 is 5.54. The average Bonchev–Trinajstić information content (AvgIpc) is 3.39. The van der Waals surface area contributed by atoms with Crippen LogP contribution < -0.4 is 15.1 Å².